The maximum Gasteiger partial charge on any atom is 0.311 e. The highest BCUT2D eigenvalue weighted by Crippen LogP contribution is 2.34. The van der Waals surface area contributed by atoms with E-state index in [0.717, 1.165) is 26.8 Å². The van der Waals surface area contributed by atoms with Gasteiger partial charge in [0.25, 0.3) is 5.91 Å². The average Bonchev–Trinajstić information content (AvgIpc) is 3.17. The number of ether oxygens (including phenoxy) is 1. The molecular weight excluding hydrogens is 354 g/mol. The van der Waals surface area contributed by atoms with Crippen LogP contribution in [-0.4, -0.2) is 57.9 Å². The summed E-state index contributed by atoms with van der Waals surface area (Å²) in [6.07, 6.45) is -0.561. The van der Waals surface area contributed by atoms with Crippen molar-refractivity contribution in [2.45, 2.75) is 18.6 Å². The first kappa shape index (κ1) is 17.1. The Kier molecular flexibility index (Phi) is 4.76. The second-order valence-corrected chi connectivity index (χ2v) is 7.10. The van der Waals surface area contributed by atoms with Crippen molar-refractivity contribution in [2.75, 3.05) is 32.3 Å². The first-order valence-electron chi connectivity index (χ1n) is 7.12. The van der Waals surface area contributed by atoms with Gasteiger partial charge in [0.1, 0.15) is 0 Å². The number of carbonyl (C=O) groups is 1. The van der Waals surface area contributed by atoms with Crippen LogP contribution in [0.25, 0.3) is 10.3 Å². The number of anilines is 1. The quantitative estimate of drug-likeness (QED) is 0.789. The number of amides is 1. The molecule has 9 nitrogen and oxygen atoms in total. The van der Waals surface area contributed by atoms with Crippen LogP contribution in [0.2, 0.25) is 0 Å². The molecule has 2 aromatic rings. The predicted octanol–water partition coefficient (Wildman–Crippen LogP) is 0.811. The Balaban J connectivity index is 1.96. The number of aryl methyl sites for hydroxylation is 1. The maximum absolute atomic E-state index is 12.4. The molecule has 0 aliphatic carbocycles. The van der Waals surface area contributed by atoms with E-state index in [1.807, 2.05) is 6.92 Å². The Morgan fingerprint density at radius 3 is 2.92 bits per heavy atom. The molecule has 0 bridgehead atoms. The lowest BCUT2D eigenvalue weighted by Gasteiger charge is -2.18. The van der Waals surface area contributed by atoms with Crippen molar-refractivity contribution in [3.63, 3.8) is 0 Å². The molecular formula is C13H17N5O4S2. The van der Waals surface area contributed by atoms with Crippen LogP contribution < -0.4 is 10.2 Å². The van der Waals surface area contributed by atoms with Crippen molar-refractivity contribution in [3.8, 4) is 0 Å². The van der Waals surface area contributed by atoms with Crippen LogP contribution in [0.4, 0.5) is 5.95 Å². The molecule has 0 radical (unpaired) electrons. The zero-order valence-corrected chi connectivity index (χ0v) is 15.2. The van der Waals surface area contributed by atoms with Gasteiger partial charge in [0.15, 0.2) is 17.3 Å². The Bertz CT molecular complexity index is 836. The lowest BCUT2D eigenvalue weighted by molar-refractivity contribution is -0.177. The third-order valence-corrected chi connectivity index (χ3v) is 5.75. The number of likely N-dealkylation sites (N-methyl/N-ethyl adjacent to an activating group) is 1. The Morgan fingerprint density at radius 2 is 2.25 bits per heavy atom. The number of thiazole rings is 1. The Labute approximate surface area is 145 Å². The van der Waals surface area contributed by atoms with Crippen molar-refractivity contribution in [3.05, 3.63) is 15.4 Å². The molecule has 130 valence electrons. The SMILES string of the molecule is CNc1nc(C)c2sc(=O)n([C@H]3CS[C@@H](C(=O)N(C)OC)O3)c2n1. The summed E-state index contributed by atoms with van der Waals surface area (Å²) in [5, 5.41) is 3.99. The summed E-state index contributed by atoms with van der Waals surface area (Å²) in [6.45, 7) is 1.83. The molecule has 24 heavy (non-hydrogen) atoms. The van der Waals surface area contributed by atoms with Gasteiger partial charge in [0.05, 0.1) is 17.5 Å². The standard InChI is InChI=1S/C13H17N5O4S2/c1-6-8-9(16-12(14-2)15-6)18(13(20)24-8)7-5-23-11(22-7)10(19)17(3)21-4/h7,11H,5H2,1-4H3,(H,14,15,16)/t7-,11+/m1/s1. The third kappa shape index (κ3) is 2.88. The Morgan fingerprint density at radius 1 is 1.50 bits per heavy atom. The molecule has 3 heterocycles. The van der Waals surface area contributed by atoms with Crippen molar-refractivity contribution in [1.82, 2.24) is 19.6 Å². The Hall–Kier alpha value is -1.69. The summed E-state index contributed by atoms with van der Waals surface area (Å²) < 4.78 is 7.98. The summed E-state index contributed by atoms with van der Waals surface area (Å²) >= 11 is 2.40. The highest BCUT2D eigenvalue weighted by atomic mass is 32.2. The molecule has 0 saturated carbocycles. The molecule has 1 amide bonds. The number of hydrogen-bond donors (Lipinski definition) is 1. The van der Waals surface area contributed by atoms with E-state index in [4.69, 9.17) is 9.57 Å². The second kappa shape index (κ2) is 6.67. The average molecular weight is 371 g/mol. The monoisotopic (exact) mass is 371 g/mol. The minimum absolute atomic E-state index is 0.186. The lowest BCUT2D eigenvalue weighted by atomic mass is 10.4. The highest BCUT2D eigenvalue weighted by Gasteiger charge is 2.36. The molecule has 2 atom stereocenters. The number of rotatable bonds is 4. The van der Waals surface area contributed by atoms with Crippen LogP contribution in [-0.2, 0) is 14.4 Å². The van der Waals surface area contributed by atoms with Crippen LogP contribution in [0.5, 0.6) is 0 Å². The van der Waals surface area contributed by atoms with Crippen molar-refractivity contribution in [2.24, 2.45) is 0 Å². The molecule has 1 fully saturated rings. The van der Waals surface area contributed by atoms with Gasteiger partial charge in [-0.1, -0.05) is 11.3 Å². The first-order chi connectivity index (χ1) is 11.5. The predicted molar refractivity (Wildman–Crippen MR) is 92.1 cm³/mol. The highest BCUT2D eigenvalue weighted by molar-refractivity contribution is 8.00. The van der Waals surface area contributed by atoms with Crippen LogP contribution >= 0.6 is 23.1 Å². The van der Waals surface area contributed by atoms with E-state index in [2.05, 4.69) is 15.3 Å². The zero-order chi connectivity index (χ0) is 17.4. The van der Waals surface area contributed by atoms with Gasteiger partial charge in [-0.2, -0.15) is 4.98 Å². The van der Waals surface area contributed by atoms with Gasteiger partial charge in [-0.3, -0.25) is 19.0 Å². The maximum atomic E-state index is 12.4. The molecule has 0 aromatic carbocycles. The second-order valence-electron chi connectivity index (χ2n) is 5.05. The van der Waals surface area contributed by atoms with Crippen LogP contribution in [0, 0.1) is 6.92 Å². The van der Waals surface area contributed by atoms with Gasteiger partial charge >= 0.3 is 4.87 Å². The van der Waals surface area contributed by atoms with E-state index in [-0.39, 0.29) is 10.8 Å². The fraction of sp³-hybridized carbons (Fsp3) is 0.538. The van der Waals surface area contributed by atoms with Crippen molar-refractivity contribution in [1.29, 1.82) is 0 Å². The number of fused-ring (bicyclic) bond motifs is 1. The number of nitrogens with one attached hydrogen (secondary N) is 1. The molecule has 1 N–H and O–H groups in total. The molecule has 2 aromatic heterocycles. The molecule has 0 spiro atoms. The van der Waals surface area contributed by atoms with Gasteiger partial charge in [-0.05, 0) is 6.92 Å². The van der Waals surface area contributed by atoms with Crippen LogP contribution in [0.1, 0.15) is 11.9 Å². The van der Waals surface area contributed by atoms with Gasteiger partial charge in [0, 0.05) is 19.8 Å². The summed E-state index contributed by atoms with van der Waals surface area (Å²) in [7, 11) is 4.64. The summed E-state index contributed by atoms with van der Waals surface area (Å²) in [6, 6.07) is 0. The molecule has 11 heteroatoms. The van der Waals surface area contributed by atoms with Gasteiger partial charge in [-0.15, -0.1) is 11.8 Å². The minimum Gasteiger partial charge on any atom is -0.357 e. The van der Waals surface area contributed by atoms with Crippen molar-refractivity contribution >= 4 is 45.3 Å². The topological polar surface area (TPSA) is 98.6 Å². The zero-order valence-electron chi connectivity index (χ0n) is 13.6. The number of hydrogen-bond acceptors (Lipinski definition) is 9. The smallest absolute Gasteiger partial charge is 0.311 e. The fourth-order valence-electron chi connectivity index (χ4n) is 2.31. The molecule has 0 unspecified atom stereocenters. The third-order valence-electron chi connectivity index (χ3n) is 3.60. The summed E-state index contributed by atoms with van der Waals surface area (Å²) in [5.41, 5.74) is 0.525. The molecule has 1 saturated heterocycles. The fourth-order valence-corrected chi connectivity index (χ4v) is 4.28. The molecule has 1 aliphatic heterocycles. The van der Waals surface area contributed by atoms with Gasteiger partial charge in [0.2, 0.25) is 5.95 Å². The number of nitrogens with zero attached hydrogens (tertiary/aromatic N) is 4. The summed E-state index contributed by atoms with van der Waals surface area (Å²) in [4.78, 5) is 37.9. The van der Waals surface area contributed by atoms with Gasteiger partial charge in [-0.25, -0.2) is 10.0 Å². The van der Waals surface area contributed by atoms with Crippen LogP contribution in [0.15, 0.2) is 4.79 Å². The number of hydroxylamine groups is 2. The van der Waals surface area contributed by atoms with E-state index >= 15 is 0 Å². The number of carbonyl (C=O) groups excluding carboxylic acids is 1. The van der Waals surface area contributed by atoms with E-state index in [1.165, 1.54) is 30.5 Å². The largest absolute Gasteiger partial charge is 0.357 e. The van der Waals surface area contributed by atoms with Crippen molar-refractivity contribution < 1.29 is 14.4 Å². The van der Waals surface area contributed by atoms with E-state index < -0.39 is 11.7 Å². The van der Waals surface area contributed by atoms with E-state index in [9.17, 15) is 9.59 Å². The van der Waals surface area contributed by atoms with Gasteiger partial charge < -0.3 is 10.1 Å². The van der Waals surface area contributed by atoms with E-state index in [0.29, 0.717) is 17.3 Å². The summed E-state index contributed by atoms with van der Waals surface area (Å²) in [5.74, 6) is 0.598. The van der Waals surface area contributed by atoms with Crippen LogP contribution in [0.3, 0.4) is 0 Å². The van der Waals surface area contributed by atoms with E-state index in [1.54, 1.807) is 7.05 Å². The number of aromatic nitrogens is 3. The lowest BCUT2D eigenvalue weighted by Crippen LogP contribution is -2.34. The minimum atomic E-state index is -0.714. The normalized spacial score (nSPS) is 20.5. The molecule has 3 rings (SSSR count). The first-order valence-corrected chi connectivity index (χ1v) is 8.99. The number of thioether (sulfide) groups is 1. The molecule has 1 aliphatic rings.